The summed E-state index contributed by atoms with van der Waals surface area (Å²) in [6.07, 6.45) is 0.932. The predicted molar refractivity (Wildman–Crippen MR) is 79.7 cm³/mol. The number of ether oxygens (including phenoxy) is 2. The Bertz CT molecular complexity index is 375. The van der Waals surface area contributed by atoms with E-state index >= 15 is 0 Å². The van der Waals surface area contributed by atoms with Gasteiger partial charge < -0.3 is 14.8 Å². The van der Waals surface area contributed by atoms with Crippen LogP contribution in [0.1, 0.15) is 45.7 Å². The van der Waals surface area contributed by atoms with Crippen LogP contribution in [-0.4, -0.2) is 25.9 Å². The molecule has 0 aliphatic rings. The average Bonchev–Trinajstić information content (AvgIpc) is 2.45. The van der Waals surface area contributed by atoms with Crippen molar-refractivity contribution in [3.8, 4) is 5.75 Å². The van der Waals surface area contributed by atoms with Crippen LogP contribution in [0, 0.1) is 0 Å². The third kappa shape index (κ3) is 3.71. The van der Waals surface area contributed by atoms with E-state index in [0.717, 1.165) is 24.3 Å². The van der Waals surface area contributed by atoms with Gasteiger partial charge in [-0.2, -0.15) is 0 Å². The number of rotatable bonds is 8. The third-order valence-corrected chi connectivity index (χ3v) is 3.72. The number of methoxy groups -OCH3 is 1. The summed E-state index contributed by atoms with van der Waals surface area (Å²) in [4.78, 5) is 0. The van der Waals surface area contributed by atoms with Gasteiger partial charge in [-0.05, 0) is 32.9 Å². The highest BCUT2D eigenvalue weighted by molar-refractivity contribution is 5.37. The van der Waals surface area contributed by atoms with Crippen LogP contribution < -0.4 is 10.1 Å². The van der Waals surface area contributed by atoms with Crippen LogP contribution in [0.3, 0.4) is 0 Å². The standard InChI is InChI=1S/C16H27NO2/c1-6-16(4,18-5)15(17-7-2)13-11-9-10-12-14(13)19-8-3/h9-12,15,17H,6-8H2,1-5H3. The first-order chi connectivity index (χ1) is 9.12. The summed E-state index contributed by atoms with van der Waals surface area (Å²) >= 11 is 0. The zero-order valence-corrected chi connectivity index (χ0v) is 12.8. The molecule has 0 fully saturated rings. The summed E-state index contributed by atoms with van der Waals surface area (Å²) in [5, 5.41) is 3.54. The van der Waals surface area contributed by atoms with Crippen molar-refractivity contribution < 1.29 is 9.47 Å². The lowest BCUT2D eigenvalue weighted by molar-refractivity contribution is -0.0302. The minimum atomic E-state index is -0.247. The Hall–Kier alpha value is -1.06. The number of nitrogens with one attached hydrogen (secondary N) is 1. The van der Waals surface area contributed by atoms with Crippen molar-refractivity contribution in [2.75, 3.05) is 20.3 Å². The van der Waals surface area contributed by atoms with E-state index in [1.807, 2.05) is 25.1 Å². The second-order valence-electron chi connectivity index (χ2n) is 4.83. The molecule has 0 spiro atoms. The van der Waals surface area contributed by atoms with Crippen molar-refractivity contribution in [2.45, 2.75) is 45.8 Å². The Morgan fingerprint density at radius 2 is 1.89 bits per heavy atom. The summed E-state index contributed by atoms with van der Waals surface area (Å²) in [5.41, 5.74) is 0.917. The first-order valence-electron chi connectivity index (χ1n) is 7.13. The van der Waals surface area contributed by atoms with Gasteiger partial charge >= 0.3 is 0 Å². The van der Waals surface area contributed by atoms with E-state index in [0.29, 0.717) is 6.61 Å². The van der Waals surface area contributed by atoms with E-state index in [1.165, 1.54) is 0 Å². The summed E-state index contributed by atoms with van der Waals surface area (Å²) < 4.78 is 11.5. The molecule has 1 rings (SSSR count). The van der Waals surface area contributed by atoms with Gasteiger partial charge in [0.25, 0.3) is 0 Å². The Balaban J connectivity index is 3.18. The van der Waals surface area contributed by atoms with Crippen molar-refractivity contribution in [1.29, 1.82) is 0 Å². The molecule has 0 saturated carbocycles. The van der Waals surface area contributed by atoms with Crippen molar-refractivity contribution >= 4 is 0 Å². The zero-order chi connectivity index (χ0) is 14.3. The molecule has 19 heavy (non-hydrogen) atoms. The third-order valence-electron chi connectivity index (χ3n) is 3.72. The molecule has 0 aliphatic carbocycles. The fourth-order valence-corrected chi connectivity index (χ4v) is 2.33. The molecule has 0 amide bonds. The van der Waals surface area contributed by atoms with E-state index in [4.69, 9.17) is 9.47 Å². The maximum atomic E-state index is 5.77. The molecule has 0 saturated heterocycles. The molecule has 2 atom stereocenters. The first kappa shape index (κ1) is 16.0. The van der Waals surface area contributed by atoms with Gasteiger partial charge in [-0.15, -0.1) is 0 Å². The highest BCUT2D eigenvalue weighted by Gasteiger charge is 2.34. The Labute approximate surface area is 117 Å². The molecule has 2 unspecified atom stereocenters. The Kier molecular flexibility index (Phi) is 6.32. The molecule has 108 valence electrons. The van der Waals surface area contributed by atoms with Gasteiger partial charge in [0.15, 0.2) is 0 Å². The number of likely N-dealkylation sites (N-methyl/N-ethyl adjacent to an activating group) is 1. The van der Waals surface area contributed by atoms with Gasteiger partial charge in [0, 0.05) is 12.7 Å². The molecule has 0 aliphatic heterocycles. The highest BCUT2D eigenvalue weighted by Crippen LogP contribution is 2.36. The predicted octanol–water partition coefficient (Wildman–Crippen LogP) is 3.55. The van der Waals surface area contributed by atoms with Gasteiger partial charge in [-0.1, -0.05) is 32.0 Å². The highest BCUT2D eigenvalue weighted by atomic mass is 16.5. The monoisotopic (exact) mass is 265 g/mol. The fourth-order valence-electron chi connectivity index (χ4n) is 2.33. The van der Waals surface area contributed by atoms with E-state index in [9.17, 15) is 0 Å². The normalized spacial score (nSPS) is 15.8. The summed E-state index contributed by atoms with van der Waals surface area (Å²) in [6.45, 7) is 9.98. The molecular formula is C16H27NO2. The van der Waals surface area contributed by atoms with Crippen molar-refractivity contribution in [3.05, 3.63) is 29.8 Å². The molecule has 3 heteroatoms. The van der Waals surface area contributed by atoms with Crippen LogP contribution in [-0.2, 0) is 4.74 Å². The maximum absolute atomic E-state index is 5.77. The van der Waals surface area contributed by atoms with E-state index in [2.05, 4.69) is 32.2 Å². The second kappa shape index (κ2) is 7.51. The summed E-state index contributed by atoms with van der Waals surface area (Å²) in [6, 6.07) is 8.32. The van der Waals surface area contributed by atoms with Crippen molar-refractivity contribution in [2.24, 2.45) is 0 Å². The maximum Gasteiger partial charge on any atom is 0.124 e. The lowest BCUT2D eigenvalue weighted by Crippen LogP contribution is -2.43. The van der Waals surface area contributed by atoms with Gasteiger partial charge in [0.05, 0.1) is 18.2 Å². The minimum absolute atomic E-state index is 0.121. The molecule has 0 radical (unpaired) electrons. The van der Waals surface area contributed by atoms with Crippen LogP contribution in [0.15, 0.2) is 24.3 Å². The molecule has 3 nitrogen and oxygen atoms in total. The molecule has 0 heterocycles. The molecule has 0 aromatic heterocycles. The van der Waals surface area contributed by atoms with Crippen LogP contribution in [0.25, 0.3) is 0 Å². The smallest absolute Gasteiger partial charge is 0.124 e. The Morgan fingerprint density at radius 3 is 2.42 bits per heavy atom. The van der Waals surface area contributed by atoms with Gasteiger partial charge in [-0.25, -0.2) is 0 Å². The Morgan fingerprint density at radius 1 is 1.21 bits per heavy atom. The van der Waals surface area contributed by atoms with Crippen LogP contribution in [0.2, 0.25) is 0 Å². The van der Waals surface area contributed by atoms with E-state index < -0.39 is 0 Å². The fraction of sp³-hybridized carbons (Fsp3) is 0.625. The molecule has 1 N–H and O–H groups in total. The number of hydrogen-bond donors (Lipinski definition) is 1. The van der Waals surface area contributed by atoms with Crippen LogP contribution >= 0.6 is 0 Å². The quantitative estimate of drug-likeness (QED) is 0.779. The number of hydrogen-bond acceptors (Lipinski definition) is 3. The average molecular weight is 265 g/mol. The zero-order valence-electron chi connectivity index (χ0n) is 12.8. The number of para-hydroxylation sites is 1. The first-order valence-corrected chi connectivity index (χ1v) is 7.13. The minimum Gasteiger partial charge on any atom is -0.494 e. The largest absolute Gasteiger partial charge is 0.494 e. The van der Waals surface area contributed by atoms with Gasteiger partial charge in [0.2, 0.25) is 0 Å². The lowest BCUT2D eigenvalue weighted by Gasteiger charge is -2.37. The lowest BCUT2D eigenvalue weighted by atomic mass is 9.87. The van der Waals surface area contributed by atoms with Gasteiger partial charge in [0.1, 0.15) is 5.75 Å². The van der Waals surface area contributed by atoms with Crippen molar-refractivity contribution in [3.63, 3.8) is 0 Å². The molecular weight excluding hydrogens is 238 g/mol. The van der Waals surface area contributed by atoms with Crippen molar-refractivity contribution in [1.82, 2.24) is 5.32 Å². The molecule has 1 aromatic carbocycles. The van der Waals surface area contributed by atoms with Gasteiger partial charge in [-0.3, -0.25) is 0 Å². The topological polar surface area (TPSA) is 30.5 Å². The SMILES string of the molecule is CCNC(c1ccccc1OCC)C(C)(CC)OC. The van der Waals surface area contributed by atoms with Crippen LogP contribution in [0.4, 0.5) is 0 Å². The summed E-state index contributed by atoms with van der Waals surface area (Å²) in [5.74, 6) is 0.938. The molecule has 1 aromatic rings. The van der Waals surface area contributed by atoms with E-state index in [-0.39, 0.29) is 11.6 Å². The van der Waals surface area contributed by atoms with E-state index in [1.54, 1.807) is 7.11 Å². The second-order valence-corrected chi connectivity index (χ2v) is 4.83. The molecule has 0 bridgehead atoms. The van der Waals surface area contributed by atoms with Crippen LogP contribution in [0.5, 0.6) is 5.75 Å². The number of benzene rings is 1. The summed E-state index contributed by atoms with van der Waals surface area (Å²) in [7, 11) is 1.77.